The van der Waals surface area contributed by atoms with Crippen molar-refractivity contribution in [1.82, 2.24) is 0 Å². The quantitative estimate of drug-likeness (QED) is 0.0453. The molecule has 0 aromatic rings. The largest absolute Gasteiger partial charge is 0.466 e. The molecule has 14 heteroatoms. The van der Waals surface area contributed by atoms with Crippen LogP contribution in [0.2, 0.25) is 0 Å². The zero-order valence-corrected chi connectivity index (χ0v) is 30.2. The van der Waals surface area contributed by atoms with E-state index in [1.165, 1.54) is 13.3 Å². The van der Waals surface area contributed by atoms with Crippen LogP contribution in [0.1, 0.15) is 104 Å². The summed E-state index contributed by atoms with van der Waals surface area (Å²) >= 11 is 0. The third-order valence-corrected chi connectivity index (χ3v) is 9.18. The number of carbonyl (C=O) groups excluding carboxylic acids is 2. The molecule has 6 N–H and O–H groups in total. The molecule has 0 saturated carbocycles. The third-order valence-electron chi connectivity index (χ3n) is 9.18. The number of aliphatic hydroxyl groups excluding tert-OH is 6. The van der Waals surface area contributed by atoms with Gasteiger partial charge < -0.3 is 59.1 Å². The van der Waals surface area contributed by atoms with Gasteiger partial charge in [-0.3, -0.25) is 9.59 Å². The lowest BCUT2D eigenvalue weighted by Crippen LogP contribution is -2.60. The molecule has 2 fully saturated rings. The van der Waals surface area contributed by atoms with Gasteiger partial charge in [0.2, 0.25) is 0 Å². The average Bonchev–Trinajstić information content (AvgIpc) is 3.08. The lowest BCUT2D eigenvalue weighted by Gasteiger charge is -2.43. The van der Waals surface area contributed by atoms with E-state index in [9.17, 15) is 40.2 Å². The van der Waals surface area contributed by atoms with E-state index in [1.807, 2.05) is 13.8 Å². The monoisotopic (exact) mass is 720 g/mol. The third kappa shape index (κ3) is 16.3. The fourth-order valence-corrected chi connectivity index (χ4v) is 6.15. The average molecular weight is 721 g/mol. The second kappa shape index (κ2) is 25.3. The summed E-state index contributed by atoms with van der Waals surface area (Å²) in [5.74, 6) is -1.54. The Kier molecular flexibility index (Phi) is 22.5. The second-order valence-electron chi connectivity index (χ2n) is 13.4. The predicted molar refractivity (Wildman–Crippen MR) is 182 cm³/mol. The molecule has 2 aliphatic heterocycles. The van der Waals surface area contributed by atoms with E-state index in [2.05, 4.69) is 12.2 Å². The number of carbonyl (C=O) groups is 2. The number of aliphatic hydroxyl groups is 6. The zero-order chi connectivity index (χ0) is 36.9. The highest BCUT2D eigenvalue weighted by atomic mass is 16.7. The first-order valence-electron chi connectivity index (χ1n) is 18.5. The topological polar surface area (TPSA) is 211 Å². The fraction of sp³-hybridized carbons (Fsp3) is 0.889. The number of hydrogen-bond acceptors (Lipinski definition) is 14. The van der Waals surface area contributed by atoms with E-state index in [-0.39, 0.29) is 31.9 Å². The van der Waals surface area contributed by atoms with E-state index in [0.29, 0.717) is 13.0 Å². The van der Waals surface area contributed by atoms with Crippen molar-refractivity contribution in [1.29, 1.82) is 0 Å². The van der Waals surface area contributed by atoms with Crippen molar-refractivity contribution in [3.8, 4) is 0 Å². The maximum atomic E-state index is 11.3. The van der Waals surface area contributed by atoms with E-state index < -0.39 is 73.6 Å². The molecule has 0 amide bonds. The van der Waals surface area contributed by atoms with E-state index >= 15 is 0 Å². The van der Waals surface area contributed by atoms with Crippen LogP contribution in [0.25, 0.3) is 0 Å². The molecule has 0 bridgehead atoms. The Morgan fingerprint density at radius 1 is 0.700 bits per heavy atom. The van der Waals surface area contributed by atoms with Crippen molar-refractivity contribution in [2.24, 2.45) is 5.92 Å². The highest BCUT2D eigenvalue weighted by molar-refractivity contribution is 5.69. The molecular formula is C36H64O14. The lowest BCUT2D eigenvalue weighted by molar-refractivity contribution is -0.304. The van der Waals surface area contributed by atoms with Gasteiger partial charge in [0.25, 0.3) is 0 Å². The summed E-state index contributed by atoms with van der Waals surface area (Å²) in [5, 5.41) is 61.9. The van der Waals surface area contributed by atoms with Crippen LogP contribution >= 0.6 is 0 Å². The number of rotatable bonds is 25. The van der Waals surface area contributed by atoms with Gasteiger partial charge in [-0.2, -0.15) is 0 Å². The van der Waals surface area contributed by atoms with Gasteiger partial charge in [0.15, 0.2) is 6.29 Å². The molecule has 2 heterocycles. The van der Waals surface area contributed by atoms with Gasteiger partial charge in [-0.15, -0.1) is 0 Å². The molecule has 11 atom stereocenters. The van der Waals surface area contributed by atoms with Crippen molar-refractivity contribution in [3.05, 3.63) is 12.2 Å². The summed E-state index contributed by atoms with van der Waals surface area (Å²) in [6, 6.07) is 0. The Morgan fingerprint density at radius 3 is 1.90 bits per heavy atom. The van der Waals surface area contributed by atoms with Crippen molar-refractivity contribution in [2.75, 3.05) is 33.0 Å². The predicted octanol–water partition coefficient (Wildman–Crippen LogP) is 2.07. The SMILES string of the molecule is CCOC(=O)CCCCCCC/C=C\CCCCCCC(C)O[C@@H]1O[C@H](CO)[C@@H](O)[C@H](O)[C@H]1COC[C@@H]1O[C@H](COC(C)=O)[C@@H](O)[C@H](O)[C@H]1O. The van der Waals surface area contributed by atoms with Crippen LogP contribution < -0.4 is 0 Å². The zero-order valence-electron chi connectivity index (χ0n) is 30.2. The first-order valence-corrected chi connectivity index (χ1v) is 18.5. The Hall–Kier alpha value is -1.72. The first kappa shape index (κ1) is 44.4. The number of esters is 2. The molecule has 0 radical (unpaired) electrons. The van der Waals surface area contributed by atoms with Crippen LogP contribution in [-0.2, 0) is 38.0 Å². The summed E-state index contributed by atoms with van der Waals surface area (Å²) < 4.78 is 33.2. The Morgan fingerprint density at radius 2 is 1.28 bits per heavy atom. The standard InChI is InChI=1S/C36H64O14/c1-4-46-30(39)19-17-15-13-11-9-7-5-6-8-10-12-14-16-18-24(2)48-36-26(31(40)32(41)27(20-37)50-36)21-45-22-28-33(42)35(44)34(43)29(49-28)23-47-25(3)38/h5-6,24,26-29,31-37,40-44H,4,7-23H2,1-3H3/b6-5-/t24?,26-,27-,28+,29-,31-,32-,33+,34-,35-,36-/m1/s1. The number of hydrogen-bond donors (Lipinski definition) is 6. The molecule has 0 aromatic heterocycles. The van der Waals surface area contributed by atoms with Crippen LogP contribution in [-0.4, -0.2) is 137 Å². The molecule has 2 aliphatic rings. The molecule has 14 nitrogen and oxygen atoms in total. The van der Waals surface area contributed by atoms with Crippen molar-refractivity contribution in [3.63, 3.8) is 0 Å². The minimum absolute atomic E-state index is 0.102. The van der Waals surface area contributed by atoms with Gasteiger partial charge in [-0.05, 0) is 52.4 Å². The normalized spacial score (nSPS) is 30.7. The Bertz CT molecular complexity index is 950. The van der Waals surface area contributed by atoms with Crippen molar-refractivity contribution in [2.45, 2.75) is 165 Å². The molecule has 292 valence electrons. The molecule has 1 unspecified atom stereocenters. The van der Waals surface area contributed by atoms with Gasteiger partial charge >= 0.3 is 11.9 Å². The van der Waals surface area contributed by atoms with E-state index in [1.54, 1.807) is 0 Å². The van der Waals surface area contributed by atoms with E-state index in [0.717, 1.165) is 70.6 Å². The summed E-state index contributed by atoms with van der Waals surface area (Å²) in [6.07, 6.45) is 5.79. The van der Waals surface area contributed by atoms with Crippen LogP contribution in [0.3, 0.4) is 0 Å². The van der Waals surface area contributed by atoms with Crippen molar-refractivity contribution < 1.29 is 68.6 Å². The van der Waals surface area contributed by atoms with Crippen LogP contribution in [0.15, 0.2) is 12.2 Å². The molecule has 0 aliphatic carbocycles. The van der Waals surface area contributed by atoms with Crippen LogP contribution in [0.5, 0.6) is 0 Å². The highest BCUT2D eigenvalue weighted by Crippen LogP contribution is 2.30. The fourth-order valence-electron chi connectivity index (χ4n) is 6.15. The summed E-state index contributed by atoms with van der Waals surface area (Å²) in [5.41, 5.74) is 0. The smallest absolute Gasteiger partial charge is 0.305 e. The summed E-state index contributed by atoms with van der Waals surface area (Å²) in [4.78, 5) is 22.5. The molecular weight excluding hydrogens is 656 g/mol. The Labute approximate surface area is 297 Å². The van der Waals surface area contributed by atoms with Crippen LogP contribution in [0, 0.1) is 5.92 Å². The Balaban J connectivity index is 1.68. The number of ether oxygens (including phenoxy) is 6. The van der Waals surface area contributed by atoms with Gasteiger partial charge in [-0.1, -0.05) is 50.7 Å². The number of unbranched alkanes of at least 4 members (excludes halogenated alkanes) is 9. The summed E-state index contributed by atoms with van der Waals surface area (Å²) in [6.45, 7) is 4.11. The van der Waals surface area contributed by atoms with Gasteiger partial charge in [0.1, 0.15) is 49.3 Å². The molecule has 50 heavy (non-hydrogen) atoms. The second-order valence-corrected chi connectivity index (χ2v) is 13.4. The summed E-state index contributed by atoms with van der Waals surface area (Å²) in [7, 11) is 0. The minimum Gasteiger partial charge on any atom is -0.466 e. The number of allylic oxidation sites excluding steroid dienone is 2. The molecule has 2 rings (SSSR count). The maximum Gasteiger partial charge on any atom is 0.305 e. The first-order chi connectivity index (χ1) is 24.0. The van der Waals surface area contributed by atoms with Gasteiger partial charge in [0.05, 0.1) is 44.6 Å². The molecule has 0 spiro atoms. The molecule has 0 aromatic carbocycles. The van der Waals surface area contributed by atoms with Gasteiger partial charge in [-0.25, -0.2) is 0 Å². The maximum absolute atomic E-state index is 11.3. The van der Waals surface area contributed by atoms with Gasteiger partial charge in [0, 0.05) is 13.3 Å². The van der Waals surface area contributed by atoms with E-state index in [4.69, 9.17) is 28.4 Å². The lowest BCUT2D eigenvalue weighted by atomic mass is 9.91. The van der Waals surface area contributed by atoms with Crippen LogP contribution in [0.4, 0.5) is 0 Å². The highest BCUT2D eigenvalue weighted by Gasteiger charge is 2.47. The molecule has 2 saturated heterocycles. The van der Waals surface area contributed by atoms with Crippen molar-refractivity contribution >= 4 is 11.9 Å². The minimum atomic E-state index is -1.57.